The zero-order valence-electron chi connectivity index (χ0n) is 12.1. The van der Waals surface area contributed by atoms with Crippen molar-refractivity contribution in [1.29, 1.82) is 0 Å². The van der Waals surface area contributed by atoms with E-state index in [0.29, 0.717) is 0 Å². The maximum atomic E-state index is 9.51. The molecule has 1 aliphatic carbocycles. The van der Waals surface area contributed by atoms with Crippen LogP contribution in [0, 0.1) is 12.8 Å². The van der Waals surface area contributed by atoms with Crippen LogP contribution in [0.3, 0.4) is 0 Å². The molecule has 2 nitrogen and oxygen atoms in total. The first-order valence-corrected chi connectivity index (χ1v) is 7.67. The molecule has 2 N–H and O–H groups in total. The number of hydrogen-bond donors (Lipinski definition) is 2. The number of benzene rings is 1. The van der Waals surface area contributed by atoms with Gasteiger partial charge in [0.05, 0.1) is 6.61 Å². The van der Waals surface area contributed by atoms with Crippen LogP contribution in [0.1, 0.15) is 43.2 Å². The van der Waals surface area contributed by atoms with Crippen LogP contribution in [0.25, 0.3) is 0 Å². The Morgan fingerprint density at radius 3 is 2.47 bits per heavy atom. The minimum absolute atomic E-state index is 0.199. The van der Waals surface area contributed by atoms with E-state index in [1.807, 2.05) is 0 Å². The average Bonchev–Trinajstić information content (AvgIpc) is 2.46. The maximum Gasteiger partial charge on any atom is 0.0587 e. The van der Waals surface area contributed by atoms with Gasteiger partial charge in [0.25, 0.3) is 0 Å². The van der Waals surface area contributed by atoms with Gasteiger partial charge >= 0.3 is 0 Å². The predicted octanol–water partition coefficient (Wildman–Crippen LogP) is 3.07. The van der Waals surface area contributed by atoms with Gasteiger partial charge in [-0.1, -0.05) is 49.1 Å². The van der Waals surface area contributed by atoms with Crippen molar-refractivity contribution < 1.29 is 5.11 Å². The highest BCUT2D eigenvalue weighted by Crippen LogP contribution is 2.22. The second kappa shape index (κ2) is 7.66. The summed E-state index contributed by atoms with van der Waals surface area (Å²) in [5.41, 5.74) is 2.60. The number of aryl methyl sites for hydroxylation is 1. The first kappa shape index (κ1) is 14.5. The van der Waals surface area contributed by atoms with E-state index in [1.165, 1.54) is 43.2 Å². The van der Waals surface area contributed by atoms with Crippen LogP contribution in [0.15, 0.2) is 24.3 Å². The molecule has 2 heteroatoms. The van der Waals surface area contributed by atoms with Crippen molar-refractivity contribution in [2.24, 2.45) is 5.92 Å². The smallest absolute Gasteiger partial charge is 0.0587 e. The lowest BCUT2D eigenvalue weighted by Crippen LogP contribution is -2.38. The van der Waals surface area contributed by atoms with Gasteiger partial charge in [0.2, 0.25) is 0 Å². The molecule has 0 saturated heterocycles. The molecule has 0 aromatic heterocycles. The van der Waals surface area contributed by atoms with E-state index in [1.54, 1.807) is 0 Å². The van der Waals surface area contributed by atoms with E-state index in [4.69, 9.17) is 0 Å². The van der Waals surface area contributed by atoms with Gasteiger partial charge in [0.1, 0.15) is 0 Å². The predicted molar refractivity (Wildman–Crippen MR) is 80.3 cm³/mol. The minimum Gasteiger partial charge on any atom is -0.395 e. The summed E-state index contributed by atoms with van der Waals surface area (Å²) in [7, 11) is 0. The summed E-state index contributed by atoms with van der Waals surface area (Å²) in [6.07, 6.45) is 7.81. The Labute approximate surface area is 117 Å². The first-order valence-electron chi connectivity index (χ1n) is 7.67. The Hall–Kier alpha value is -0.860. The van der Waals surface area contributed by atoms with Crippen LogP contribution in [-0.2, 0) is 6.42 Å². The Morgan fingerprint density at radius 2 is 1.84 bits per heavy atom. The number of aliphatic hydroxyl groups is 1. The van der Waals surface area contributed by atoms with Crippen molar-refractivity contribution in [2.45, 2.75) is 51.5 Å². The van der Waals surface area contributed by atoms with E-state index in [-0.39, 0.29) is 12.6 Å². The van der Waals surface area contributed by atoms with Crippen LogP contribution in [0.2, 0.25) is 0 Å². The first-order chi connectivity index (χ1) is 9.28. The van der Waals surface area contributed by atoms with Gasteiger partial charge in [-0.15, -0.1) is 0 Å². The van der Waals surface area contributed by atoms with Gasteiger partial charge in [-0.25, -0.2) is 0 Å². The number of rotatable bonds is 6. The molecule has 0 aliphatic heterocycles. The molecule has 0 heterocycles. The maximum absolute atomic E-state index is 9.51. The molecule has 1 fully saturated rings. The van der Waals surface area contributed by atoms with E-state index < -0.39 is 0 Å². The van der Waals surface area contributed by atoms with E-state index in [2.05, 4.69) is 36.5 Å². The quantitative estimate of drug-likeness (QED) is 0.825. The Morgan fingerprint density at radius 1 is 1.16 bits per heavy atom. The standard InChI is InChI=1S/C17H27NO/c1-14-7-9-15(10-8-14)11-17(13-19)18-12-16-5-3-2-4-6-16/h7-10,16-19H,2-6,11-13H2,1H3. The summed E-state index contributed by atoms with van der Waals surface area (Å²) in [6.45, 7) is 3.40. The Balaban J connectivity index is 1.77. The zero-order chi connectivity index (χ0) is 13.5. The lowest BCUT2D eigenvalue weighted by atomic mass is 9.89. The van der Waals surface area contributed by atoms with E-state index in [0.717, 1.165) is 18.9 Å². The highest BCUT2D eigenvalue weighted by atomic mass is 16.3. The van der Waals surface area contributed by atoms with Gasteiger partial charge in [0, 0.05) is 6.04 Å². The third-order valence-corrected chi connectivity index (χ3v) is 4.24. The normalized spacial score (nSPS) is 18.4. The van der Waals surface area contributed by atoms with Crippen molar-refractivity contribution >= 4 is 0 Å². The van der Waals surface area contributed by atoms with Crippen LogP contribution < -0.4 is 5.32 Å². The van der Waals surface area contributed by atoms with E-state index >= 15 is 0 Å². The monoisotopic (exact) mass is 261 g/mol. The molecule has 2 rings (SSSR count). The van der Waals surface area contributed by atoms with Crippen molar-refractivity contribution in [1.82, 2.24) is 5.32 Å². The van der Waals surface area contributed by atoms with Gasteiger partial charge in [-0.2, -0.15) is 0 Å². The van der Waals surface area contributed by atoms with Gasteiger partial charge in [-0.05, 0) is 44.2 Å². The lowest BCUT2D eigenvalue weighted by Gasteiger charge is -2.25. The Kier molecular flexibility index (Phi) is 5.87. The van der Waals surface area contributed by atoms with Gasteiger partial charge in [0.15, 0.2) is 0 Å². The summed E-state index contributed by atoms with van der Waals surface area (Å²) in [5, 5.41) is 13.1. The minimum atomic E-state index is 0.199. The fourth-order valence-corrected chi connectivity index (χ4v) is 2.93. The molecule has 1 aromatic rings. The second-order valence-corrected chi connectivity index (χ2v) is 5.98. The van der Waals surface area contributed by atoms with Gasteiger partial charge < -0.3 is 10.4 Å². The summed E-state index contributed by atoms with van der Waals surface area (Å²) in [6, 6.07) is 8.82. The molecule has 1 saturated carbocycles. The number of nitrogens with one attached hydrogen (secondary N) is 1. The Bertz CT molecular complexity index is 354. The molecule has 0 bridgehead atoms. The largest absolute Gasteiger partial charge is 0.395 e. The van der Waals surface area contributed by atoms with Crippen molar-refractivity contribution in [2.75, 3.05) is 13.2 Å². The molecule has 0 amide bonds. The fourth-order valence-electron chi connectivity index (χ4n) is 2.93. The SMILES string of the molecule is Cc1ccc(CC(CO)NCC2CCCCC2)cc1. The van der Waals surface area contributed by atoms with Crippen molar-refractivity contribution in [3.8, 4) is 0 Å². The van der Waals surface area contributed by atoms with E-state index in [9.17, 15) is 5.11 Å². The molecular weight excluding hydrogens is 234 g/mol. The summed E-state index contributed by atoms with van der Waals surface area (Å²) in [5.74, 6) is 0.820. The highest BCUT2D eigenvalue weighted by Gasteiger charge is 2.15. The number of hydrogen-bond acceptors (Lipinski definition) is 2. The lowest BCUT2D eigenvalue weighted by molar-refractivity contribution is 0.228. The molecule has 0 radical (unpaired) electrons. The van der Waals surface area contributed by atoms with Crippen LogP contribution in [0.4, 0.5) is 0 Å². The van der Waals surface area contributed by atoms with Crippen LogP contribution in [0.5, 0.6) is 0 Å². The zero-order valence-corrected chi connectivity index (χ0v) is 12.1. The molecule has 0 spiro atoms. The molecule has 1 aliphatic rings. The van der Waals surface area contributed by atoms with Crippen LogP contribution >= 0.6 is 0 Å². The molecule has 106 valence electrons. The van der Waals surface area contributed by atoms with Crippen LogP contribution in [-0.4, -0.2) is 24.3 Å². The molecule has 1 unspecified atom stereocenters. The fraction of sp³-hybridized carbons (Fsp3) is 0.647. The molecule has 19 heavy (non-hydrogen) atoms. The van der Waals surface area contributed by atoms with Crippen molar-refractivity contribution in [3.05, 3.63) is 35.4 Å². The highest BCUT2D eigenvalue weighted by molar-refractivity contribution is 5.22. The molecular formula is C17H27NO. The van der Waals surface area contributed by atoms with Crippen molar-refractivity contribution in [3.63, 3.8) is 0 Å². The third kappa shape index (κ3) is 4.96. The molecule has 1 atom stereocenters. The summed E-state index contributed by atoms with van der Waals surface area (Å²) in [4.78, 5) is 0. The van der Waals surface area contributed by atoms with Gasteiger partial charge in [-0.3, -0.25) is 0 Å². The average molecular weight is 261 g/mol. The second-order valence-electron chi connectivity index (χ2n) is 5.98. The summed E-state index contributed by atoms with van der Waals surface area (Å²) >= 11 is 0. The number of aliphatic hydroxyl groups excluding tert-OH is 1. The summed E-state index contributed by atoms with van der Waals surface area (Å²) < 4.78 is 0. The molecule has 1 aromatic carbocycles. The topological polar surface area (TPSA) is 32.3 Å². The third-order valence-electron chi connectivity index (χ3n) is 4.24.